The molecule has 1 heteroatoms. The third kappa shape index (κ3) is 6.78. The molecule has 0 saturated carbocycles. The number of nitrogens with one attached hydrogen (secondary N) is 1. The van der Waals surface area contributed by atoms with E-state index in [1.165, 1.54) is 6.42 Å². The second-order valence-corrected chi connectivity index (χ2v) is 8.39. The highest BCUT2D eigenvalue weighted by molar-refractivity contribution is 4.81. The van der Waals surface area contributed by atoms with E-state index in [0.29, 0.717) is 10.8 Å². The molecule has 0 spiro atoms. The molecule has 0 bridgehead atoms. The van der Waals surface area contributed by atoms with E-state index in [0.717, 1.165) is 30.8 Å². The summed E-state index contributed by atoms with van der Waals surface area (Å²) < 4.78 is 0. The van der Waals surface area contributed by atoms with Gasteiger partial charge in [0.25, 0.3) is 0 Å². The quantitative estimate of drug-likeness (QED) is 0.646. The maximum atomic E-state index is 3.71. The lowest BCUT2D eigenvalue weighted by Crippen LogP contribution is -2.40. The van der Waals surface area contributed by atoms with Gasteiger partial charge in [-0.2, -0.15) is 0 Å². The zero-order valence-corrected chi connectivity index (χ0v) is 14.4. The van der Waals surface area contributed by atoms with Gasteiger partial charge in [-0.25, -0.2) is 0 Å². The molecule has 0 aromatic heterocycles. The molecule has 1 unspecified atom stereocenters. The minimum atomic E-state index is 0.377. The van der Waals surface area contributed by atoms with Gasteiger partial charge in [0.1, 0.15) is 0 Å². The zero-order valence-electron chi connectivity index (χ0n) is 14.4. The molecular weight excluding hydrogens is 218 g/mol. The molecule has 110 valence electrons. The van der Waals surface area contributed by atoms with Gasteiger partial charge in [-0.3, -0.25) is 0 Å². The van der Waals surface area contributed by atoms with E-state index >= 15 is 0 Å². The molecule has 0 aliphatic carbocycles. The van der Waals surface area contributed by atoms with E-state index in [9.17, 15) is 0 Å². The van der Waals surface area contributed by atoms with Crippen LogP contribution < -0.4 is 5.32 Å². The van der Waals surface area contributed by atoms with Crippen molar-refractivity contribution >= 4 is 0 Å². The first-order valence-corrected chi connectivity index (χ1v) is 7.68. The Morgan fingerprint density at radius 3 is 1.72 bits per heavy atom. The molecule has 0 heterocycles. The normalized spacial score (nSPS) is 15.5. The van der Waals surface area contributed by atoms with Crippen molar-refractivity contribution < 1.29 is 0 Å². The number of hydrogen-bond donors (Lipinski definition) is 1. The first-order valence-electron chi connectivity index (χ1n) is 7.68. The van der Waals surface area contributed by atoms with Crippen molar-refractivity contribution in [2.45, 2.75) is 68.7 Å². The maximum absolute atomic E-state index is 3.71. The van der Waals surface area contributed by atoms with Gasteiger partial charge in [-0.05, 0) is 35.0 Å². The minimum Gasteiger partial charge on any atom is -0.316 e. The highest BCUT2D eigenvalue weighted by Crippen LogP contribution is 2.32. The van der Waals surface area contributed by atoms with Crippen molar-refractivity contribution in [2.75, 3.05) is 13.1 Å². The van der Waals surface area contributed by atoms with Crippen LogP contribution in [0.5, 0.6) is 0 Å². The molecule has 0 aromatic rings. The van der Waals surface area contributed by atoms with E-state index in [1.54, 1.807) is 0 Å². The van der Waals surface area contributed by atoms with Crippen LogP contribution in [0.2, 0.25) is 0 Å². The van der Waals surface area contributed by atoms with Gasteiger partial charge < -0.3 is 5.32 Å². The van der Waals surface area contributed by atoms with Gasteiger partial charge in [0.05, 0.1) is 0 Å². The first-order chi connectivity index (χ1) is 7.98. The monoisotopic (exact) mass is 255 g/mol. The van der Waals surface area contributed by atoms with Crippen molar-refractivity contribution in [3.8, 4) is 0 Å². The van der Waals surface area contributed by atoms with Crippen LogP contribution in [0.1, 0.15) is 68.7 Å². The van der Waals surface area contributed by atoms with Gasteiger partial charge in [-0.15, -0.1) is 0 Å². The Balaban J connectivity index is 4.18. The smallest absolute Gasteiger partial charge is 0.000539 e. The number of rotatable bonds is 8. The molecule has 0 aliphatic heterocycles. The molecule has 1 nitrogen and oxygen atoms in total. The van der Waals surface area contributed by atoms with Crippen LogP contribution >= 0.6 is 0 Å². The van der Waals surface area contributed by atoms with Crippen molar-refractivity contribution in [2.24, 2.45) is 28.6 Å². The van der Waals surface area contributed by atoms with E-state index in [-0.39, 0.29) is 0 Å². The average Bonchev–Trinajstić information content (AvgIpc) is 2.13. The van der Waals surface area contributed by atoms with Gasteiger partial charge in [-0.1, -0.05) is 62.3 Å². The molecule has 0 fully saturated rings. The van der Waals surface area contributed by atoms with E-state index in [1.807, 2.05) is 0 Å². The van der Waals surface area contributed by atoms with Crippen LogP contribution in [0.15, 0.2) is 0 Å². The fourth-order valence-electron chi connectivity index (χ4n) is 2.96. The molecular formula is C17H37N. The van der Waals surface area contributed by atoms with E-state index in [2.05, 4.69) is 67.6 Å². The Morgan fingerprint density at radius 2 is 1.33 bits per heavy atom. The third-order valence-corrected chi connectivity index (χ3v) is 4.38. The minimum absolute atomic E-state index is 0.377. The molecule has 0 aromatic carbocycles. The summed E-state index contributed by atoms with van der Waals surface area (Å²) in [5, 5.41) is 3.71. The summed E-state index contributed by atoms with van der Waals surface area (Å²) in [7, 11) is 0. The van der Waals surface area contributed by atoms with Crippen LogP contribution in [0.3, 0.4) is 0 Å². The SMILES string of the molecule is CC(C)CC(C)(C)CNCC(C)(C)C(C)C(C)C. The van der Waals surface area contributed by atoms with Gasteiger partial charge in [0, 0.05) is 13.1 Å². The molecule has 1 atom stereocenters. The Labute approximate surface area is 116 Å². The molecule has 0 aliphatic rings. The second-order valence-electron chi connectivity index (χ2n) is 8.39. The van der Waals surface area contributed by atoms with Gasteiger partial charge in [0.15, 0.2) is 0 Å². The van der Waals surface area contributed by atoms with Crippen LogP contribution in [0.25, 0.3) is 0 Å². The predicted molar refractivity (Wildman–Crippen MR) is 83.9 cm³/mol. The van der Waals surface area contributed by atoms with E-state index in [4.69, 9.17) is 0 Å². The second kappa shape index (κ2) is 6.93. The molecule has 1 N–H and O–H groups in total. The van der Waals surface area contributed by atoms with Crippen molar-refractivity contribution in [3.63, 3.8) is 0 Å². The summed E-state index contributed by atoms with van der Waals surface area (Å²) in [6.45, 7) is 23.4. The summed E-state index contributed by atoms with van der Waals surface area (Å²) in [4.78, 5) is 0. The number of hydrogen-bond acceptors (Lipinski definition) is 1. The summed E-state index contributed by atoms with van der Waals surface area (Å²) in [5.41, 5.74) is 0.785. The largest absolute Gasteiger partial charge is 0.316 e. The van der Waals surface area contributed by atoms with Gasteiger partial charge >= 0.3 is 0 Å². The van der Waals surface area contributed by atoms with Crippen LogP contribution in [0.4, 0.5) is 0 Å². The molecule has 18 heavy (non-hydrogen) atoms. The first kappa shape index (κ1) is 18.0. The third-order valence-electron chi connectivity index (χ3n) is 4.38. The van der Waals surface area contributed by atoms with Crippen molar-refractivity contribution in [1.82, 2.24) is 5.32 Å². The summed E-state index contributed by atoms with van der Waals surface area (Å²) >= 11 is 0. The lowest BCUT2D eigenvalue weighted by atomic mass is 9.74. The van der Waals surface area contributed by atoms with Crippen LogP contribution in [-0.2, 0) is 0 Å². The Morgan fingerprint density at radius 1 is 0.833 bits per heavy atom. The Bertz CT molecular complexity index is 226. The molecule has 0 amide bonds. The van der Waals surface area contributed by atoms with Gasteiger partial charge in [0.2, 0.25) is 0 Å². The maximum Gasteiger partial charge on any atom is 0.000539 e. The average molecular weight is 255 g/mol. The predicted octanol–water partition coefficient (Wildman–Crippen LogP) is 4.97. The Hall–Kier alpha value is -0.0400. The topological polar surface area (TPSA) is 12.0 Å². The standard InChI is InChI=1S/C17H37N/c1-13(2)10-16(6,7)11-18-12-17(8,9)15(5)14(3)4/h13-15,18H,10-12H2,1-9H3. The van der Waals surface area contributed by atoms with Crippen molar-refractivity contribution in [3.05, 3.63) is 0 Å². The lowest BCUT2D eigenvalue weighted by molar-refractivity contribution is 0.159. The molecule has 0 rings (SSSR count). The fraction of sp³-hybridized carbons (Fsp3) is 1.00. The molecule has 0 saturated heterocycles. The van der Waals surface area contributed by atoms with Crippen LogP contribution in [-0.4, -0.2) is 13.1 Å². The van der Waals surface area contributed by atoms with Crippen LogP contribution in [0, 0.1) is 28.6 Å². The highest BCUT2D eigenvalue weighted by Gasteiger charge is 2.28. The fourth-order valence-corrected chi connectivity index (χ4v) is 2.96. The summed E-state index contributed by atoms with van der Waals surface area (Å²) in [5.74, 6) is 2.29. The molecule has 0 radical (unpaired) electrons. The van der Waals surface area contributed by atoms with Crippen molar-refractivity contribution in [1.29, 1.82) is 0 Å². The highest BCUT2D eigenvalue weighted by atomic mass is 14.9. The summed E-state index contributed by atoms with van der Waals surface area (Å²) in [6.07, 6.45) is 1.29. The Kier molecular flexibility index (Phi) is 6.92. The summed E-state index contributed by atoms with van der Waals surface area (Å²) in [6, 6.07) is 0. The van der Waals surface area contributed by atoms with E-state index < -0.39 is 0 Å². The zero-order chi connectivity index (χ0) is 14.6. The lowest BCUT2D eigenvalue weighted by Gasteiger charge is -2.36.